The van der Waals surface area contributed by atoms with Crippen LogP contribution in [-0.2, 0) is 26.2 Å². The third-order valence-electron chi connectivity index (χ3n) is 7.84. The summed E-state index contributed by atoms with van der Waals surface area (Å²) < 4.78 is 55.0. The highest BCUT2D eigenvalue weighted by molar-refractivity contribution is 7.92. The lowest BCUT2D eigenvalue weighted by Crippen LogP contribution is -2.53. The molecule has 1 N–H and O–H groups in total. The third kappa shape index (κ3) is 7.10. The molecule has 3 aromatic rings. The van der Waals surface area contributed by atoms with Crippen molar-refractivity contribution in [3.05, 3.63) is 84.2 Å². The summed E-state index contributed by atoms with van der Waals surface area (Å²) in [7, 11) is -4.24. The molecule has 228 valence electrons. The van der Waals surface area contributed by atoms with E-state index in [-0.39, 0.29) is 34.6 Å². The molecular formula is C32H36FN3O6S. The van der Waals surface area contributed by atoms with Crippen molar-refractivity contribution in [3.8, 4) is 11.5 Å². The van der Waals surface area contributed by atoms with Crippen molar-refractivity contribution >= 4 is 27.5 Å². The smallest absolute Gasteiger partial charge is 0.264 e. The summed E-state index contributed by atoms with van der Waals surface area (Å²) in [5.74, 6) is -0.737. The zero-order valence-corrected chi connectivity index (χ0v) is 24.9. The van der Waals surface area contributed by atoms with Gasteiger partial charge in [-0.2, -0.15) is 0 Å². The van der Waals surface area contributed by atoms with E-state index in [0.717, 1.165) is 36.4 Å². The van der Waals surface area contributed by atoms with Gasteiger partial charge in [-0.15, -0.1) is 0 Å². The quantitative estimate of drug-likeness (QED) is 0.359. The molecule has 0 aromatic heterocycles. The Kier molecular flexibility index (Phi) is 9.49. The second kappa shape index (κ2) is 13.5. The lowest BCUT2D eigenvalue weighted by molar-refractivity contribution is -0.139. The molecule has 0 saturated heterocycles. The van der Waals surface area contributed by atoms with E-state index < -0.39 is 34.3 Å². The van der Waals surface area contributed by atoms with Crippen LogP contribution in [-0.4, -0.2) is 57.0 Å². The highest BCUT2D eigenvalue weighted by Gasteiger charge is 2.34. The monoisotopic (exact) mass is 609 g/mol. The molecule has 2 aliphatic rings. The van der Waals surface area contributed by atoms with Gasteiger partial charge in [-0.05, 0) is 50.1 Å². The number of nitrogens with zero attached hydrogens (tertiary/aromatic N) is 2. The van der Waals surface area contributed by atoms with Crippen molar-refractivity contribution in [1.29, 1.82) is 0 Å². The summed E-state index contributed by atoms with van der Waals surface area (Å²) in [5.41, 5.74) is 0.400. The van der Waals surface area contributed by atoms with Crippen LogP contribution in [0.15, 0.2) is 77.7 Å². The number of halogens is 1. The highest BCUT2D eigenvalue weighted by Crippen LogP contribution is 2.36. The molecule has 0 bridgehead atoms. The normalized spacial score (nSPS) is 15.8. The second-order valence-electron chi connectivity index (χ2n) is 10.8. The van der Waals surface area contributed by atoms with Gasteiger partial charge in [-0.3, -0.25) is 13.9 Å². The van der Waals surface area contributed by atoms with Crippen molar-refractivity contribution in [2.24, 2.45) is 0 Å². The molecule has 1 aliphatic carbocycles. The number of nitrogens with one attached hydrogen (secondary N) is 1. The van der Waals surface area contributed by atoms with E-state index in [1.807, 2.05) is 0 Å². The van der Waals surface area contributed by atoms with Crippen LogP contribution in [0.2, 0.25) is 0 Å². The van der Waals surface area contributed by atoms with Gasteiger partial charge in [-0.25, -0.2) is 12.8 Å². The van der Waals surface area contributed by atoms with Gasteiger partial charge in [0.25, 0.3) is 10.0 Å². The topological polar surface area (TPSA) is 105 Å². The number of hydrogen-bond donors (Lipinski definition) is 1. The number of fused-ring (bicyclic) bond motifs is 1. The van der Waals surface area contributed by atoms with Gasteiger partial charge in [0.05, 0.1) is 10.6 Å². The van der Waals surface area contributed by atoms with Crippen molar-refractivity contribution in [3.63, 3.8) is 0 Å². The van der Waals surface area contributed by atoms with Crippen LogP contribution >= 0.6 is 0 Å². The molecule has 1 atom stereocenters. The Hall–Kier alpha value is -4.12. The van der Waals surface area contributed by atoms with Crippen LogP contribution in [0.1, 0.15) is 44.6 Å². The Morgan fingerprint density at radius 3 is 2.33 bits per heavy atom. The zero-order chi connectivity index (χ0) is 30.4. The summed E-state index contributed by atoms with van der Waals surface area (Å²) in [6, 6.07) is 17.5. The van der Waals surface area contributed by atoms with E-state index >= 15 is 0 Å². The summed E-state index contributed by atoms with van der Waals surface area (Å²) in [6.07, 6.45) is 4.85. The molecule has 1 aliphatic heterocycles. The van der Waals surface area contributed by atoms with Crippen molar-refractivity contribution < 1.29 is 31.9 Å². The van der Waals surface area contributed by atoms with Gasteiger partial charge in [-0.1, -0.05) is 55.7 Å². The SMILES string of the molecule is CC(C(=O)NC1CCCCC1)N(Cc1ccccc1F)C(=O)CN(c1ccc2c(c1)OCCO2)S(=O)(=O)c1ccccc1. The lowest BCUT2D eigenvalue weighted by atomic mass is 9.95. The summed E-state index contributed by atoms with van der Waals surface area (Å²) in [5, 5.41) is 3.04. The van der Waals surface area contributed by atoms with Crippen LogP contribution in [0.3, 0.4) is 0 Å². The van der Waals surface area contributed by atoms with Crippen LogP contribution in [0.5, 0.6) is 11.5 Å². The number of carbonyl (C=O) groups excluding carboxylic acids is 2. The number of benzene rings is 3. The minimum atomic E-state index is -4.24. The predicted octanol–water partition coefficient (Wildman–Crippen LogP) is 4.66. The van der Waals surface area contributed by atoms with Gasteiger partial charge in [0.1, 0.15) is 31.6 Å². The number of amides is 2. The van der Waals surface area contributed by atoms with Crippen molar-refractivity contribution in [1.82, 2.24) is 10.2 Å². The van der Waals surface area contributed by atoms with Crippen LogP contribution < -0.4 is 19.1 Å². The molecule has 1 saturated carbocycles. The molecule has 0 radical (unpaired) electrons. The predicted molar refractivity (Wildman–Crippen MR) is 160 cm³/mol. The molecule has 3 aromatic carbocycles. The molecule has 1 fully saturated rings. The number of carbonyl (C=O) groups is 2. The summed E-state index contributed by atoms with van der Waals surface area (Å²) in [6.45, 7) is 1.39. The maximum atomic E-state index is 14.8. The Morgan fingerprint density at radius 2 is 1.60 bits per heavy atom. The molecular weight excluding hydrogens is 573 g/mol. The minimum Gasteiger partial charge on any atom is -0.486 e. The molecule has 43 heavy (non-hydrogen) atoms. The maximum absolute atomic E-state index is 14.8. The van der Waals surface area contributed by atoms with Gasteiger partial charge in [0.2, 0.25) is 11.8 Å². The first-order chi connectivity index (χ1) is 20.7. The van der Waals surface area contributed by atoms with Crippen molar-refractivity contribution in [2.75, 3.05) is 24.1 Å². The fraction of sp³-hybridized carbons (Fsp3) is 0.375. The fourth-order valence-electron chi connectivity index (χ4n) is 5.40. The number of ether oxygens (including phenoxy) is 2. The largest absolute Gasteiger partial charge is 0.486 e. The Balaban J connectivity index is 1.49. The highest BCUT2D eigenvalue weighted by atomic mass is 32.2. The summed E-state index contributed by atoms with van der Waals surface area (Å²) >= 11 is 0. The number of rotatable bonds is 10. The van der Waals surface area contributed by atoms with Gasteiger partial charge in [0.15, 0.2) is 11.5 Å². The first kappa shape index (κ1) is 30.3. The van der Waals surface area contributed by atoms with Crippen LogP contribution in [0.25, 0.3) is 0 Å². The number of sulfonamides is 1. The fourth-order valence-corrected chi connectivity index (χ4v) is 6.82. The van der Waals surface area contributed by atoms with Gasteiger partial charge in [0, 0.05) is 24.2 Å². The Bertz CT molecular complexity index is 1550. The minimum absolute atomic E-state index is 0.00165. The van der Waals surface area contributed by atoms with E-state index in [0.29, 0.717) is 24.7 Å². The first-order valence-electron chi connectivity index (χ1n) is 14.5. The van der Waals surface area contributed by atoms with Gasteiger partial charge < -0.3 is 19.7 Å². The Morgan fingerprint density at radius 1 is 0.930 bits per heavy atom. The van der Waals surface area contributed by atoms with E-state index in [4.69, 9.17) is 9.47 Å². The van der Waals surface area contributed by atoms with Gasteiger partial charge >= 0.3 is 0 Å². The average Bonchev–Trinajstić information content (AvgIpc) is 3.03. The van der Waals surface area contributed by atoms with Crippen LogP contribution in [0.4, 0.5) is 10.1 Å². The lowest BCUT2D eigenvalue weighted by Gasteiger charge is -2.33. The van der Waals surface area contributed by atoms with E-state index in [1.54, 1.807) is 55.5 Å². The molecule has 1 unspecified atom stereocenters. The number of anilines is 1. The standard InChI is InChI=1S/C32H36FN3O6S/c1-23(32(38)34-25-11-4-2-5-12-25)35(21-24-10-8-9-15-28(24)33)31(37)22-36(43(39,40)27-13-6-3-7-14-27)26-16-17-29-30(20-26)42-19-18-41-29/h3,6-10,13-17,20,23,25H,2,4-5,11-12,18-19,21-22H2,1H3,(H,34,38). The third-order valence-corrected chi connectivity index (χ3v) is 9.63. The molecule has 1 heterocycles. The van der Waals surface area contributed by atoms with E-state index in [9.17, 15) is 22.4 Å². The number of hydrogen-bond acceptors (Lipinski definition) is 6. The molecule has 2 amide bonds. The average molecular weight is 610 g/mol. The molecule has 9 nitrogen and oxygen atoms in total. The second-order valence-corrected chi connectivity index (χ2v) is 12.6. The first-order valence-corrected chi connectivity index (χ1v) is 16.0. The van der Waals surface area contributed by atoms with E-state index in [1.165, 1.54) is 29.2 Å². The zero-order valence-electron chi connectivity index (χ0n) is 24.1. The molecule has 5 rings (SSSR count). The van der Waals surface area contributed by atoms with Crippen molar-refractivity contribution in [2.45, 2.75) is 62.6 Å². The molecule has 0 spiro atoms. The van der Waals surface area contributed by atoms with Crippen LogP contribution in [0, 0.1) is 5.82 Å². The Labute approximate surface area is 251 Å². The molecule has 11 heteroatoms. The summed E-state index contributed by atoms with van der Waals surface area (Å²) in [4.78, 5) is 28.7. The maximum Gasteiger partial charge on any atom is 0.264 e. The van der Waals surface area contributed by atoms with E-state index in [2.05, 4.69) is 5.32 Å².